The highest BCUT2D eigenvalue weighted by Gasteiger charge is 2.12. The molecular formula is C15H13BrN6O2. The van der Waals surface area contributed by atoms with E-state index in [2.05, 4.69) is 31.2 Å². The monoisotopic (exact) mass is 388 g/mol. The lowest BCUT2D eigenvalue weighted by Gasteiger charge is -1.98. The number of ketones is 1. The maximum Gasteiger partial charge on any atom is 0.264 e. The summed E-state index contributed by atoms with van der Waals surface area (Å²) < 4.78 is 7.86. The molecule has 0 atom stereocenters. The molecule has 24 heavy (non-hydrogen) atoms. The summed E-state index contributed by atoms with van der Waals surface area (Å²) in [5.74, 6) is 0.140. The highest BCUT2D eigenvalue weighted by molar-refractivity contribution is 9.10. The fourth-order valence-corrected chi connectivity index (χ4v) is 2.22. The largest absolute Gasteiger partial charge is 0.415 e. The van der Waals surface area contributed by atoms with Gasteiger partial charge in [-0.15, -0.1) is 10.2 Å². The third-order valence-corrected chi connectivity index (χ3v) is 3.58. The number of hydrogen-bond donors (Lipinski definition) is 2. The first kappa shape index (κ1) is 15.9. The van der Waals surface area contributed by atoms with Gasteiger partial charge in [-0.05, 0) is 24.3 Å². The SMILES string of the molecule is NC(=CC(=O)Cn1cc(N)cn1)c1nnc(-c2ccc(Br)cc2)o1. The highest BCUT2D eigenvalue weighted by Crippen LogP contribution is 2.21. The summed E-state index contributed by atoms with van der Waals surface area (Å²) in [4.78, 5) is 12.0. The molecule has 0 saturated heterocycles. The minimum Gasteiger partial charge on any atom is -0.415 e. The molecule has 0 fully saturated rings. The van der Waals surface area contributed by atoms with Gasteiger partial charge in [0.05, 0.1) is 11.9 Å². The maximum atomic E-state index is 12.0. The van der Waals surface area contributed by atoms with Crippen LogP contribution in [0.3, 0.4) is 0 Å². The first-order valence-electron chi connectivity index (χ1n) is 6.89. The van der Waals surface area contributed by atoms with Crippen molar-refractivity contribution in [3.8, 4) is 11.5 Å². The Hall–Kier alpha value is -2.94. The van der Waals surface area contributed by atoms with Gasteiger partial charge >= 0.3 is 0 Å². The van der Waals surface area contributed by atoms with Gasteiger partial charge in [-0.3, -0.25) is 9.48 Å². The molecule has 0 spiro atoms. The van der Waals surface area contributed by atoms with E-state index in [-0.39, 0.29) is 23.9 Å². The Bertz CT molecular complexity index is 897. The Kier molecular flexibility index (Phi) is 4.43. The van der Waals surface area contributed by atoms with Gasteiger partial charge < -0.3 is 15.9 Å². The Morgan fingerprint density at radius 2 is 2.04 bits per heavy atom. The molecule has 2 aromatic heterocycles. The van der Waals surface area contributed by atoms with Crippen LogP contribution in [0.1, 0.15) is 5.89 Å². The zero-order valence-corrected chi connectivity index (χ0v) is 14.0. The summed E-state index contributed by atoms with van der Waals surface area (Å²) in [6, 6.07) is 7.37. The number of nitrogens with zero attached hydrogens (tertiary/aromatic N) is 4. The summed E-state index contributed by atoms with van der Waals surface area (Å²) in [5, 5.41) is 11.7. The van der Waals surface area contributed by atoms with E-state index in [1.807, 2.05) is 24.3 Å². The van der Waals surface area contributed by atoms with Crippen molar-refractivity contribution in [2.75, 3.05) is 5.73 Å². The molecule has 0 unspecified atom stereocenters. The van der Waals surface area contributed by atoms with Crippen LogP contribution < -0.4 is 11.5 Å². The first-order valence-corrected chi connectivity index (χ1v) is 7.68. The van der Waals surface area contributed by atoms with Gasteiger partial charge in [0.1, 0.15) is 12.2 Å². The molecule has 3 rings (SSSR count). The number of aromatic nitrogens is 4. The molecular weight excluding hydrogens is 376 g/mol. The van der Waals surface area contributed by atoms with Crippen molar-refractivity contribution < 1.29 is 9.21 Å². The maximum absolute atomic E-state index is 12.0. The van der Waals surface area contributed by atoms with E-state index in [0.29, 0.717) is 11.6 Å². The van der Waals surface area contributed by atoms with Gasteiger partial charge in [0, 0.05) is 22.3 Å². The summed E-state index contributed by atoms with van der Waals surface area (Å²) in [6.45, 7) is 0.0195. The zero-order valence-electron chi connectivity index (χ0n) is 12.4. The average molecular weight is 389 g/mol. The second-order valence-electron chi connectivity index (χ2n) is 4.96. The van der Waals surface area contributed by atoms with E-state index in [1.54, 1.807) is 6.20 Å². The fourth-order valence-electron chi connectivity index (χ4n) is 1.96. The van der Waals surface area contributed by atoms with Crippen LogP contribution in [0.2, 0.25) is 0 Å². The predicted octanol–water partition coefficient (Wildman–Crippen LogP) is 1.85. The number of anilines is 1. The van der Waals surface area contributed by atoms with Crippen molar-refractivity contribution in [3.05, 3.63) is 53.1 Å². The minimum atomic E-state index is -0.265. The fraction of sp³-hybridized carbons (Fsp3) is 0.0667. The number of rotatable bonds is 5. The van der Waals surface area contributed by atoms with Crippen LogP contribution in [0.25, 0.3) is 17.2 Å². The number of carbonyl (C=O) groups is 1. The van der Waals surface area contributed by atoms with Gasteiger partial charge in [0.2, 0.25) is 5.89 Å². The van der Waals surface area contributed by atoms with E-state index >= 15 is 0 Å². The molecule has 0 amide bonds. The number of carbonyl (C=O) groups excluding carboxylic acids is 1. The highest BCUT2D eigenvalue weighted by atomic mass is 79.9. The summed E-state index contributed by atoms with van der Waals surface area (Å²) in [6.07, 6.45) is 4.25. The van der Waals surface area contributed by atoms with E-state index in [1.165, 1.54) is 17.0 Å². The smallest absolute Gasteiger partial charge is 0.264 e. The molecule has 0 saturated carbocycles. The average Bonchev–Trinajstić information content (AvgIpc) is 3.17. The molecule has 0 aliphatic rings. The molecule has 2 heterocycles. The van der Waals surface area contributed by atoms with Gasteiger partial charge in [0.15, 0.2) is 5.78 Å². The third-order valence-electron chi connectivity index (χ3n) is 3.05. The van der Waals surface area contributed by atoms with E-state index in [9.17, 15) is 4.79 Å². The van der Waals surface area contributed by atoms with Crippen LogP contribution in [-0.4, -0.2) is 25.8 Å². The second kappa shape index (κ2) is 6.67. The summed E-state index contributed by atoms with van der Waals surface area (Å²) >= 11 is 3.35. The minimum absolute atomic E-state index is 0.0195. The van der Waals surface area contributed by atoms with Crippen LogP contribution >= 0.6 is 15.9 Å². The van der Waals surface area contributed by atoms with Crippen molar-refractivity contribution >= 4 is 33.1 Å². The molecule has 122 valence electrons. The number of allylic oxidation sites excluding steroid dienone is 1. The Balaban J connectivity index is 1.73. The predicted molar refractivity (Wildman–Crippen MR) is 91.2 cm³/mol. The number of benzene rings is 1. The molecule has 0 aliphatic carbocycles. The van der Waals surface area contributed by atoms with E-state index in [0.717, 1.165) is 10.0 Å². The van der Waals surface area contributed by atoms with Crippen molar-refractivity contribution in [1.29, 1.82) is 0 Å². The zero-order chi connectivity index (χ0) is 17.1. The molecule has 0 radical (unpaired) electrons. The molecule has 9 heteroatoms. The van der Waals surface area contributed by atoms with Crippen LogP contribution in [0, 0.1) is 0 Å². The summed E-state index contributed by atoms with van der Waals surface area (Å²) in [7, 11) is 0. The molecule has 3 aromatic rings. The Morgan fingerprint density at radius 3 is 2.71 bits per heavy atom. The number of hydrogen-bond acceptors (Lipinski definition) is 7. The summed E-state index contributed by atoms with van der Waals surface area (Å²) in [5.41, 5.74) is 12.7. The Morgan fingerprint density at radius 1 is 1.29 bits per heavy atom. The first-order chi connectivity index (χ1) is 11.5. The lowest BCUT2D eigenvalue weighted by molar-refractivity contribution is -0.115. The molecule has 4 N–H and O–H groups in total. The molecule has 0 aliphatic heterocycles. The van der Waals surface area contributed by atoms with Crippen LogP contribution in [0.4, 0.5) is 5.69 Å². The van der Waals surface area contributed by atoms with Crippen molar-refractivity contribution in [2.45, 2.75) is 6.54 Å². The van der Waals surface area contributed by atoms with Crippen molar-refractivity contribution in [2.24, 2.45) is 5.73 Å². The van der Waals surface area contributed by atoms with Gasteiger partial charge in [0.25, 0.3) is 5.89 Å². The number of nitrogen functional groups attached to an aromatic ring is 1. The van der Waals surface area contributed by atoms with Gasteiger partial charge in [-0.2, -0.15) is 5.10 Å². The molecule has 8 nitrogen and oxygen atoms in total. The van der Waals surface area contributed by atoms with Crippen LogP contribution in [0.15, 0.2) is 51.6 Å². The molecule has 1 aromatic carbocycles. The topological polar surface area (TPSA) is 126 Å². The lowest BCUT2D eigenvalue weighted by Crippen LogP contribution is -2.10. The van der Waals surface area contributed by atoms with Gasteiger partial charge in [-0.25, -0.2) is 0 Å². The second-order valence-corrected chi connectivity index (χ2v) is 5.87. The van der Waals surface area contributed by atoms with E-state index in [4.69, 9.17) is 15.9 Å². The van der Waals surface area contributed by atoms with Crippen molar-refractivity contribution in [1.82, 2.24) is 20.0 Å². The number of nitrogens with two attached hydrogens (primary N) is 2. The van der Waals surface area contributed by atoms with Crippen molar-refractivity contribution in [3.63, 3.8) is 0 Å². The van der Waals surface area contributed by atoms with Crippen LogP contribution in [0.5, 0.6) is 0 Å². The quantitative estimate of drug-likeness (QED) is 0.638. The lowest BCUT2D eigenvalue weighted by atomic mass is 10.2. The van der Waals surface area contributed by atoms with Crippen LogP contribution in [-0.2, 0) is 11.3 Å². The Labute approximate surface area is 145 Å². The normalized spacial score (nSPS) is 11.6. The number of halogens is 1. The standard InChI is InChI=1S/C15H13BrN6O2/c16-10-3-1-9(2-4-10)14-20-21-15(24-14)13(18)5-12(23)8-22-7-11(17)6-19-22/h1-7H,8,17-18H2. The van der Waals surface area contributed by atoms with Gasteiger partial charge in [-0.1, -0.05) is 15.9 Å². The third kappa shape index (κ3) is 3.69. The molecule has 0 bridgehead atoms. The van der Waals surface area contributed by atoms with E-state index < -0.39 is 0 Å².